The van der Waals surface area contributed by atoms with Crippen molar-refractivity contribution >= 4 is 11.9 Å². The first-order valence-electron chi connectivity index (χ1n) is 11.3. The second kappa shape index (κ2) is 22.7. The van der Waals surface area contributed by atoms with Crippen molar-refractivity contribution in [2.45, 2.75) is 110 Å². The van der Waals surface area contributed by atoms with Gasteiger partial charge in [0.05, 0.1) is 0 Å². The van der Waals surface area contributed by atoms with E-state index in [-0.39, 0.29) is 0 Å². The zero-order chi connectivity index (χ0) is 22.3. The van der Waals surface area contributed by atoms with Crippen molar-refractivity contribution in [3.8, 4) is 0 Å². The van der Waals surface area contributed by atoms with Gasteiger partial charge in [-0.15, -0.1) is 0 Å². The van der Waals surface area contributed by atoms with Gasteiger partial charge in [-0.05, 0) is 50.9 Å². The van der Waals surface area contributed by atoms with Crippen LogP contribution >= 0.6 is 0 Å². The van der Waals surface area contributed by atoms with Crippen LogP contribution in [0.15, 0.2) is 24.3 Å². The average molecular weight is 412 g/mol. The second-order valence-corrected chi connectivity index (χ2v) is 7.95. The predicted molar refractivity (Wildman–Crippen MR) is 122 cm³/mol. The molecule has 170 valence electrons. The van der Waals surface area contributed by atoms with Gasteiger partial charge in [-0.25, -0.2) is 0 Å². The zero-order valence-electron chi connectivity index (χ0n) is 18.9. The highest BCUT2D eigenvalue weighted by atomic mass is 16.4. The quantitative estimate of drug-likeness (QED) is 0.192. The maximum absolute atomic E-state index is 10.3. The molecule has 5 heteroatoms. The molecule has 5 nitrogen and oxygen atoms in total. The van der Waals surface area contributed by atoms with Crippen LogP contribution in [0.2, 0.25) is 0 Å². The Labute approximate surface area is 178 Å². The summed E-state index contributed by atoms with van der Waals surface area (Å²) in [5.41, 5.74) is 5.22. The summed E-state index contributed by atoms with van der Waals surface area (Å²) < 4.78 is 0. The molecule has 0 rings (SSSR count). The molecular weight excluding hydrogens is 366 g/mol. The Morgan fingerprint density at radius 2 is 1.34 bits per heavy atom. The van der Waals surface area contributed by atoms with E-state index >= 15 is 0 Å². The lowest BCUT2D eigenvalue weighted by Gasteiger charge is -2.07. The van der Waals surface area contributed by atoms with E-state index in [4.69, 9.17) is 15.9 Å². The van der Waals surface area contributed by atoms with Crippen LogP contribution in [0.1, 0.15) is 104 Å². The third-order valence-corrected chi connectivity index (χ3v) is 4.38. The van der Waals surface area contributed by atoms with E-state index in [1.165, 1.54) is 44.9 Å². The molecule has 0 aromatic carbocycles. The van der Waals surface area contributed by atoms with Crippen LogP contribution in [0.4, 0.5) is 0 Å². The first kappa shape index (κ1) is 29.6. The summed E-state index contributed by atoms with van der Waals surface area (Å²) in [6.07, 6.45) is 22.8. The maximum atomic E-state index is 10.3. The number of carboxylic acids is 2. The van der Waals surface area contributed by atoms with Gasteiger partial charge in [0.15, 0.2) is 0 Å². The van der Waals surface area contributed by atoms with Crippen molar-refractivity contribution in [3.05, 3.63) is 24.3 Å². The largest absolute Gasteiger partial charge is 0.481 e. The number of hydrogen-bond acceptors (Lipinski definition) is 3. The molecule has 0 radical (unpaired) electrons. The number of rotatable bonds is 17. The molecule has 0 aromatic heterocycles. The van der Waals surface area contributed by atoms with Crippen molar-refractivity contribution in [1.82, 2.24) is 0 Å². The Morgan fingerprint density at radius 1 is 0.828 bits per heavy atom. The van der Waals surface area contributed by atoms with E-state index in [0.717, 1.165) is 25.7 Å². The third kappa shape index (κ3) is 28.7. The average Bonchev–Trinajstić information content (AvgIpc) is 2.64. The number of allylic oxidation sites excluding steroid dienone is 4. The van der Waals surface area contributed by atoms with Gasteiger partial charge in [0, 0.05) is 6.42 Å². The number of nitrogens with two attached hydrogens (primary N) is 1. The SMILES string of the molecule is CC(C)C[C@H](N)C(=O)O.CCCCC/C=C\C/C=C\CCCCCCCC(=O)O. The van der Waals surface area contributed by atoms with E-state index in [2.05, 4.69) is 31.2 Å². The lowest BCUT2D eigenvalue weighted by atomic mass is 10.1. The van der Waals surface area contributed by atoms with Gasteiger partial charge in [-0.3, -0.25) is 9.59 Å². The van der Waals surface area contributed by atoms with Crippen molar-refractivity contribution in [1.29, 1.82) is 0 Å². The second-order valence-electron chi connectivity index (χ2n) is 7.95. The molecule has 0 saturated heterocycles. The predicted octanol–water partition coefficient (Wildman–Crippen LogP) is 6.33. The van der Waals surface area contributed by atoms with Crippen molar-refractivity contribution < 1.29 is 19.8 Å². The summed E-state index contributed by atoms with van der Waals surface area (Å²) in [4.78, 5) is 20.4. The molecule has 0 aliphatic carbocycles. The fraction of sp³-hybridized carbons (Fsp3) is 0.750. The highest BCUT2D eigenvalue weighted by Crippen LogP contribution is 2.08. The van der Waals surface area contributed by atoms with E-state index < -0.39 is 18.0 Å². The molecule has 0 aliphatic heterocycles. The number of carboxylic acid groups (broad SMARTS) is 2. The van der Waals surface area contributed by atoms with Crippen LogP contribution < -0.4 is 5.73 Å². The topological polar surface area (TPSA) is 101 Å². The third-order valence-electron chi connectivity index (χ3n) is 4.38. The lowest BCUT2D eigenvalue weighted by Crippen LogP contribution is -2.31. The van der Waals surface area contributed by atoms with Gasteiger partial charge < -0.3 is 15.9 Å². The molecular formula is C24H45NO4. The first-order valence-corrected chi connectivity index (χ1v) is 11.3. The molecule has 0 heterocycles. The molecule has 1 atom stereocenters. The van der Waals surface area contributed by atoms with Gasteiger partial charge in [0.2, 0.25) is 0 Å². The standard InChI is InChI=1S/C18H32O2.C6H13NO2/c1-2-3-4-5-6-7-8-9-10-11-12-13-14-15-16-17-18(19)20;1-4(2)3-5(7)6(8)9/h6-7,9-10H,2-5,8,11-17H2,1H3,(H,19,20);4-5H,3,7H2,1-2H3,(H,8,9)/b7-6-,10-9-;/t;5-/m.0/s1. The molecule has 0 bridgehead atoms. The maximum Gasteiger partial charge on any atom is 0.320 e. The van der Waals surface area contributed by atoms with Gasteiger partial charge in [-0.1, -0.05) is 77.2 Å². The Bertz CT molecular complexity index is 444. The summed E-state index contributed by atoms with van der Waals surface area (Å²) in [5.74, 6) is -1.23. The van der Waals surface area contributed by atoms with Gasteiger partial charge >= 0.3 is 11.9 Å². The van der Waals surface area contributed by atoms with E-state index in [9.17, 15) is 9.59 Å². The van der Waals surface area contributed by atoms with Crippen molar-refractivity contribution in [3.63, 3.8) is 0 Å². The van der Waals surface area contributed by atoms with Gasteiger partial charge in [-0.2, -0.15) is 0 Å². The summed E-state index contributed by atoms with van der Waals surface area (Å²) in [5, 5.41) is 16.8. The fourth-order valence-electron chi connectivity index (χ4n) is 2.70. The first-order chi connectivity index (χ1) is 13.8. The molecule has 0 fully saturated rings. The lowest BCUT2D eigenvalue weighted by molar-refractivity contribution is -0.139. The van der Waals surface area contributed by atoms with Gasteiger partial charge in [0.25, 0.3) is 0 Å². The number of carbonyl (C=O) groups is 2. The Hall–Kier alpha value is -1.62. The Kier molecular flexibility index (Phi) is 23.1. The van der Waals surface area contributed by atoms with E-state index in [0.29, 0.717) is 18.8 Å². The number of aliphatic carboxylic acids is 2. The summed E-state index contributed by atoms with van der Waals surface area (Å²) in [6.45, 7) is 6.13. The van der Waals surface area contributed by atoms with Crippen LogP contribution in [-0.2, 0) is 9.59 Å². The van der Waals surface area contributed by atoms with Crippen LogP contribution in [0, 0.1) is 5.92 Å². The smallest absolute Gasteiger partial charge is 0.320 e. The molecule has 0 amide bonds. The molecule has 0 unspecified atom stereocenters. The van der Waals surface area contributed by atoms with Gasteiger partial charge in [0.1, 0.15) is 6.04 Å². The van der Waals surface area contributed by atoms with Crippen molar-refractivity contribution in [2.24, 2.45) is 11.7 Å². The molecule has 29 heavy (non-hydrogen) atoms. The fourth-order valence-corrected chi connectivity index (χ4v) is 2.70. The molecule has 4 N–H and O–H groups in total. The summed E-state index contributed by atoms with van der Waals surface area (Å²) >= 11 is 0. The van der Waals surface area contributed by atoms with E-state index in [1.807, 2.05) is 13.8 Å². The van der Waals surface area contributed by atoms with Crippen LogP contribution in [-0.4, -0.2) is 28.2 Å². The minimum absolute atomic E-state index is 0.324. The van der Waals surface area contributed by atoms with E-state index in [1.54, 1.807) is 0 Å². The normalized spacial score (nSPS) is 12.3. The minimum atomic E-state index is -0.913. The number of hydrogen-bond donors (Lipinski definition) is 3. The van der Waals surface area contributed by atoms with Crippen LogP contribution in [0.5, 0.6) is 0 Å². The Morgan fingerprint density at radius 3 is 1.79 bits per heavy atom. The summed E-state index contributed by atoms with van der Waals surface area (Å²) in [6, 6.07) is -0.690. The highest BCUT2D eigenvalue weighted by molar-refractivity contribution is 5.72. The van der Waals surface area contributed by atoms with Crippen LogP contribution in [0.3, 0.4) is 0 Å². The summed E-state index contributed by atoms with van der Waals surface area (Å²) in [7, 11) is 0. The van der Waals surface area contributed by atoms with Crippen LogP contribution in [0.25, 0.3) is 0 Å². The monoisotopic (exact) mass is 411 g/mol. The molecule has 0 saturated carbocycles. The minimum Gasteiger partial charge on any atom is -0.481 e. The highest BCUT2D eigenvalue weighted by Gasteiger charge is 2.11. The van der Waals surface area contributed by atoms with Crippen molar-refractivity contribution in [2.75, 3.05) is 0 Å². The Balaban J connectivity index is 0. The molecule has 0 aromatic rings. The molecule has 0 aliphatic rings. The molecule has 0 spiro atoms. The number of unbranched alkanes of at least 4 members (excludes halogenated alkanes) is 8. The zero-order valence-corrected chi connectivity index (χ0v) is 18.9.